The highest BCUT2D eigenvalue weighted by Crippen LogP contribution is 2.31. The van der Waals surface area contributed by atoms with E-state index in [0.717, 1.165) is 34.6 Å². The van der Waals surface area contributed by atoms with Crippen molar-refractivity contribution in [2.45, 2.75) is 40.0 Å². The molecule has 0 unspecified atom stereocenters. The maximum absolute atomic E-state index is 11.0. The summed E-state index contributed by atoms with van der Waals surface area (Å²) in [7, 11) is 1.59. The molecule has 3 aromatic heterocycles. The molecule has 244 valence electrons. The number of imidazole rings is 1. The number of ether oxygens (including phenoxy) is 3. The van der Waals surface area contributed by atoms with Gasteiger partial charge in [0.1, 0.15) is 24.7 Å². The Labute approximate surface area is 277 Å². The highest BCUT2D eigenvalue weighted by Gasteiger charge is 2.15. The molecule has 0 amide bonds. The van der Waals surface area contributed by atoms with Crippen molar-refractivity contribution in [1.82, 2.24) is 24.3 Å². The molecule has 0 saturated heterocycles. The molecule has 0 atom stereocenters. The fourth-order valence-electron chi connectivity index (χ4n) is 5.06. The molecule has 3 aromatic carbocycles. The minimum atomic E-state index is -0.879. The lowest BCUT2D eigenvalue weighted by Crippen LogP contribution is -2.02. The number of carboxylic acid groups (broad SMARTS) is 1. The molecule has 0 aliphatic carbocycles. The van der Waals surface area contributed by atoms with E-state index in [-0.39, 0.29) is 19.6 Å². The zero-order valence-corrected chi connectivity index (χ0v) is 26.9. The number of oxazole rings is 1. The number of rotatable bonds is 14. The number of aliphatic carboxylic acids is 1. The summed E-state index contributed by atoms with van der Waals surface area (Å²) in [5, 5.41) is 13.7. The van der Waals surface area contributed by atoms with Gasteiger partial charge in [0.15, 0.2) is 11.5 Å². The Bertz CT molecular complexity index is 2030. The highest BCUT2D eigenvalue weighted by molar-refractivity contribution is 5.71. The van der Waals surface area contributed by atoms with Crippen molar-refractivity contribution < 1.29 is 28.5 Å². The quantitative estimate of drug-likeness (QED) is 0.133. The first-order valence-electron chi connectivity index (χ1n) is 15.4. The van der Waals surface area contributed by atoms with E-state index in [0.29, 0.717) is 40.3 Å². The summed E-state index contributed by atoms with van der Waals surface area (Å²) in [6.45, 7) is 5.15. The first kappa shape index (κ1) is 31.9. The van der Waals surface area contributed by atoms with Gasteiger partial charge in [0, 0.05) is 18.3 Å². The van der Waals surface area contributed by atoms with Gasteiger partial charge in [-0.15, -0.1) is 5.10 Å². The first-order valence-corrected chi connectivity index (χ1v) is 15.4. The SMILES string of the molecule is CCn1cncc1/C=C/c1cn(-c2ccccc2)nc1OCc1ccc(OCc2nc(-c3ccc(CC(=O)O)cc3)oc2C)c(OC)c1. The van der Waals surface area contributed by atoms with Crippen molar-refractivity contribution in [3.63, 3.8) is 0 Å². The van der Waals surface area contributed by atoms with E-state index >= 15 is 0 Å². The third kappa shape index (κ3) is 7.47. The van der Waals surface area contributed by atoms with Gasteiger partial charge in [-0.25, -0.2) is 14.6 Å². The van der Waals surface area contributed by atoms with Crippen LogP contribution in [0.2, 0.25) is 0 Å². The summed E-state index contributed by atoms with van der Waals surface area (Å²) in [4.78, 5) is 19.8. The van der Waals surface area contributed by atoms with Crippen LogP contribution in [0.25, 0.3) is 29.3 Å². The predicted octanol–water partition coefficient (Wildman–Crippen LogP) is 7.02. The Morgan fingerprint density at radius 1 is 0.958 bits per heavy atom. The Balaban J connectivity index is 1.14. The number of aryl methyl sites for hydroxylation is 2. The zero-order valence-electron chi connectivity index (χ0n) is 26.9. The van der Waals surface area contributed by atoms with Gasteiger partial charge in [0.25, 0.3) is 0 Å². The van der Waals surface area contributed by atoms with E-state index in [1.54, 1.807) is 36.1 Å². The zero-order chi connectivity index (χ0) is 33.5. The molecule has 48 heavy (non-hydrogen) atoms. The smallest absolute Gasteiger partial charge is 0.307 e. The fourth-order valence-corrected chi connectivity index (χ4v) is 5.06. The summed E-state index contributed by atoms with van der Waals surface area (Å²) < 4.78 is 27.7. The summed E-state index contributed by atoms with van der Waals surface area (Å²) >= 11 is 0. The molecule has 0 aliphatic heterocycles. The van der Waals surface area contributed by atoms with Gasteiger partial charge in [-0.2, -0.15) is 0 Å². The molecule has 6 aromatic rings. The number of benzene rings is 3. The van der Waals surface area contributed by atoms with Crippen molar-refractivity contribution in [2.24, 2.45) is 0 Å². The van der Waals surface area contributed by atoms with Crippen LogP contribution < -0.4 is 14.2 Å². The van der Waals surface area contributed by atoms with Gasteiger partial charge >= 0.3 is 5.97 Å². The molecule has 0 aliphatic rings. The van der Waals surface area contributed by atoms with Crippen LogP contribution >= 0.6 is 0 Å². The monoisotopic (exact) mass is 645 g/mol. The number of methoxy groups -OCH3 is 1. The van der Waals surface area contributed by atoms with Crippen molar-refractivity contribution in [3.05, 3.63) is 125 Å². The van der Waals surface area contributed by atoms with E-state index in [1.165, 1.54) is 0 Å². The lowest BCUT2D eigenvalue weighted by atomic mass is 10.1. The molecule has 11 nitrogen and oxygen atoms in total. The summed E-state index contributed by atoms with van der Waals surface area (Å²) in [6.07, 6.45) is 9.52. The molecule has 0 fully saturated rings. The second-order valence-electron chi connectivity index (χ2n) is 11.0. The first-order chi connectivity index (χ1) is 23.4. The Hall–Kier alpha value is -6.10. The third-order valence-electron chi connectivity index (χ3n) is 7.66. The Morgan fingerprint density at radius 2 is 1.75 bits per heavy atom. The molecule has 6 rings (SSSR count). The number of carboxylic acids is 1. The van der Waals surface area contributed by atoms with Crippen LogP contribution in [0.5, 0.6) is 17.4 Å². The van der Waals surface area contributed by atoms with Gasteiger partial charge in [0.2, 0.25) is 11.8 Å². The van der Waals surface area contributed by atoms with Crippen molar-refractivity contribution in [2.75, 3.05) is 7.11 Å². The highest BCUT2D eigenvalue weighted by atomic mass is 16.5. The molecule has 0 spiro atoms. The summed E-state index contributed by atoms with van der Waals surface area (Å²) in [5.74, 6) is 1.78. The number of hydrogen-bond acceptors (Lipinski definition) is 8. The Morgan fingerprint density at radius 3 is 2.50 bits per heavy atom. The minimum Gasteiger partial charge on any atom is -0.493 e. The maximum atomic E-state index is 11.0. The number of aromatic nitrogens is 5. The second kappa shape index (κ2) is 14.5. The van der Waals surface area contributed by atoms with E-state index in [4.69, 9.17) is 28.8 Å². The number of para-hydroxylation sites is 1. The normalized spacial score (nSPS) is 11.2. The van der Waals surface area contributed by atoms with E-state index in [2.05, 4.69) is 21.5 Å². The lowest BCUT2D eigenvalue weighted by Gasteiger charge is -2.12. The standard InChI is InChI=1S/C37H35N5O6/c1-4-41-24-38-20-31(41)16-15-29-21-42(30-8-6-5-7-9-30)40-37(29)47-22-27-12-17-33(34(18-27)45-3)46-23-32-25(2)48-36(39-32)28-13-10-26(11-14-28)19-35(43)44/h5-18,20-21,24H,4,19,22-23H2,1-3H3,(H,43,44)/b16-15+. The second-order valence-corrected chi connectivity index (χ2v) is 11.0. The van der Waals surface area contributed by atoms with E-state index in [1.807, 2.05) is 86.3 Å². The number of nitrogens with zero attached hydrogens (tertiary/aromatic N) is 5. The van der Waals surface area contributed by atoms with Crippen LogP contribution in [-0.2, 0) is 31.0 Å². The van der Waals surface area contributed by atoms with E-state index in [9.17, 15) is 4.79 Å². The van der Waals surface area contributed by atoms with Crippen LogP contribution in [0.3, 0.4) is 0 Å². The topological polar surface area (TPSA) is 127 Å². The average molecular weight is 646 g/mol. The molecule has 3 heterocycles. The summed E-state index contributed by atoms with van der Waals surface area (Å²) in [6, 6.07) is 22.6. The minimum absolute atomic E-state index is 0.0410. The van der Waals surface area contributed by atoms with Crippen LogP contribution in [0, 0.1) is 6.92 Å². The molecule has 0 radical (unpaired) electrons. The van der Waals surface area contributed by atoms with Crippen LogP contribution in [0.15, 0.2) is 95.9 Å². The van der Waals surface area contributed by atoms with Gasteiger partial charge in [-0.1, -0.05) is 36.4 Å². The van der Waals surface area contributed by atoms with E-state index < -0.39 is 5.97 Å². The fraction of sp³-hybridized carbons (Fsp3) is 0.189. The van der Waals surface area contributed by atoms with Gasteiger partial charge in [-0.05, 0) is 73.5 Å². The maximum Gasteiger partial charge on any atom is 0.307 e. The largest absolute Gasteiger partial charge is 0.493 e. The third-order valence-corrected chi connectivity index (χ3v) is 7.66. The molecule has 0 saturated carbocycles. The predicted molar refractivity (Wildman–Crippen MR) is 180 cm³/mol. The van der Waals surface area contributed by atoms with Crippen LogP contribution in [-0.4, -0.2) is 42.5 Å². The van der Waals surface area contributed by atoms with Crippen molar-refractivity contribution in [1.29, 1.82) is 0 Å². The molecule has 11 heteroatoms. The number of carbonyl (C=O) groups is 1. The molecule has 0 bridgehead atoms. The van der Waals surface area contributed by atoms with Gasteiger partial charge < -0.3 is 28.3 Å². The van der Waals surface area contributed by atoms with Crippen molar-refractivity contribution >= 4 is 18.1 Å². The summed E-state index contributed by atoms with van der Waals surface area (Å²) in [5.41, 5.74) is 5.71. The number of hydrogen-bond donors (Lipinski definition) is 1. The van der Waals surface area contributed by atoms with Gasteiger partial charge in [-0.3, -0.25) is 4.79 Å². The van der Waals surface area contributed by atoms with Crippen LogP contribution in [0.4, 0.5) is 0 Å². The molecular weight excluding hydrogens is 610 g/mol. The lowest BCUT2D eigenvalue weighted by molar-refractivity contribution is -0.136. The van der Waals surface area contributed by atoms with Crippen LogP contribution in [0.1, 0.15) is 40.8 Å². The van der Waals surface area contributed by atoms with Crippen molar-refractivity contribution in [3.8, 4) is 34.5 Å². The Kier molecular flexibility index (Phi) is 9.66. The molecular formula is C37H35N5O6. The average Bonchev–Trinajstić information content (AvgIpc) is 3.84. The van der Waals surface area contributed by atoms with Gasteiger partial charge in [0.05, 0.1) is 43.0 Å². The molecule has 1 N–H and O–H groups in total.